The van der Waals surface area contributed by atoms with Crippen LogP contribution >= 0.6 is 43.5 Å². The molecule has 0 amide bonds. The molecule has 0 aliphatic heterocycles. The first kappa shape index (κ1) is 10.3. The van der Waals surface area contributed by atoms with Gasteiger partial charge >= 0.3 is 0 Å². The van der Waals surface area contributed by atoms with Gasteiger partial charge in [-0.05, 0) is 31.9 Å². The maximum absolute atomic E-state index is 12.2. The monoisotopic (exact) mass is 319 g/mol. The molecule has 0 saturated carbocycles. The van der Waals surface area contributed by atoms with Crippen LogP contribution in [-0.2, 0) is 0 Å². The molecule has 0 aliphatic carbocycles. The normalized spacial score (nSPS) is 10.8. The summed E-state index contributed by atoms with van der Waals surface area (Å²) in [7, 11) is 0. The van der Waals surface area contributed by atoms with Crippen molar-refractivity contribution in [3.63, 3.8) is 0 Å². The minimum atomic E-state index is -2.62. The maximum Gasteiger partial charge on any atom is 0.281 e. The fourth-order valence-corrected chi connectivity index (χ4v) is 1.81. The lowest BCUT2D eigenvalue weighted by atomic mass is 10.4. The van der Waals surface area contributed by atoms with Crippen molar-refractivity contribution in [2.45, 2.75) is 6.43 Å². The van der Waals surface area contributed by atoms with Crippen LogP contribution in [0.15, 0.2) is 15.1 Å². The van der Waals surface area contributed by atoms with E-state index in [9.17, 15) is 8.78 Å². The third kappa shape index (κ3) is 1.95. The van der Waals surface area contributed by atoms with Gasteiger partial charge in [-0.2, -0.15) is 0 Å². The minimum Gasteiger partial charge on any atom is -0.253 e. The van der Waals surface area contributed by atoms with Crippen LogP contribution in [0.2, 0.25) is 5.02 Å². The lowest BCUT2D eigenvalue weighted by Gasteiger charge is -2.04. The summed E-state index contributed by atoms with van der Waals surface area (Å²) >= 11 is 11.6. The molecule has 0 unspecified atom stereocenters. The van der Waals surface area contributed by atoms with Gasteiger partial charge in [0.15, 0.2) is 0 Å². The summed E-state index contributed by atoms with van der Waals surface area (Å²) in [4.78, 5) is 3.51. The van der Waals surface area contributed by atoms with Crippen molar-refractivity contribution in [1.29, 1.82) is 0 Å². The lowest BCUT2D eigenvalue weighted by Crippen LogP contribution is -1.92. The Bertz CT molecular complexity index is 306. The number of rotatable bonds is 1. The molecule has 0 saturated heterocycles. The van der Waals surface area contributed by atoms with Crippen LogP contribution in [0, 0.1) is 0 Å². The van der Waals surface area contributed by atoms with E-state index in [2.05, 4.69) is 36.8 Å². The fourth-order valence-electron chi connectivity index (χ4n) is 0.609. The first-order valence-electron chi connectivity index (χ1n) is 2.81. The topological polar surface area (TPSA) is 12.9 Å². The molecule has 0 radical (unpaired) electrons. The highest BCUT2D eigenvalue weighted by atomic mass is 79.9. The Morgan fingerprint density at radius 3 is 2.50 bits per heavy atom. The number of halogens is 5. The van der Waals surface area contributed by atoms with Gasteiger partial charge in [-0.25, -0.2) is 8.78 Å². The van der Waals surface area contributed by atoms with E-state index in [-0.39, 0.29) is 15.2 Å². The van der Waals surface area contributed by atoms with Gasteiger partial charge in [0.1, 0.15) is 5.69 Å². The Hall–Kier alpha value is 0.260. The van der Waals surface area contributed by atoms with E-state index >= 15 is 0 Å². The van der Waals surface area contributed by atoms with Crippen LogP contribution in [0.25, 0.3) is 0 Å². The molecule has 0 fully saturated rings. The Balaban J connectivity index is 3.27. The molecule has 1 nitrogen and oxygen atoms in total. The van der Waals surface area contributed by atoms with Gasteiger partial charge in [0.25, 0.3) is 6.43 Å². The maximum atomic E-state index is 12.2. The number of alkyl halides is 2. The first-order chi connectivity index (χ1) is 5.54. The second kappa shape index (κ2) is 3.98. The average Bonchev–Trinajstić information content (AvgIpc) is 2.00. The number of aromatic nitrogens is 1. The molecule has 0 aliphatic rings. The molecule has 1 heterocycles. The van der Waals surface area contributed by atoms with Crippen LogP contribution in [-0.4, -0.2) is 4.98 Å². The summed E-state index contributed by atoms with van der Waals surface area (Å²) in [6.45, 7) is 0. The summed E-state index contributed by atoms with van der Waals surface area (Å²) in [5, 5.41) is 0.209. The van der Waals surface area contributed by atoms with E-state index in [0.717, 1.165) is 0 Å². The molecule has 1 aromatic heterocycles. The van der Waals surface area contributed by atoms with Crippen LogP contribution in [0.3, 0.4) is 0 Å². The molecular formula is C6H2Br2ClF2N. The van der Waals surface area contributed by atoms with E-state index in [1.807, 2.05) is 0 Å². The largest absolute Gasteiger partial charge is 0.281 e. The third-order valence-corrected chi connectivity index (χ3v) is 3.40. The van der Waals surface area contributed by atoms with E-state index in [1.165, 1.54) is 6.20 Å². The van der Waals surface area contributed by atoms with Gasteiger partial charge in [0.05, 0.1) is 14.0 Å². The molecule has 0 spiro atoms. The van der Waals surface area contributed by atoms with Gasteiger partial charge in [0, 0.05) is 6.20 Å². The smallest absolute Gasteiger partial charge is 0.253 e. The number of hydrogen-bond donors (Lipinski definition) is 0. The predicted molar refractivity (Wildman–Crippen MR) is 49.6 cm³/mol. The number of pyridine rings is 1. The highest BCUT2D eigenvalue weighted by Gasteiger charge is 2.16. The number of nitrogens with zero attached hydrogens (tertiary/aromatic N) is 1. The van der Waals surface area contributed by atoms with Gasteiger partial charge in [-0.3, -0.25) is 4.98 Å². The van der Waals surface area contributed by atoms with Crippen LogP contribution in [0.4, 0.5) is 8.78 Å². The fraction of sp³-hybridized carbons (Fsp3) is 0.167. The van der Waals surface area contributed by atoms with Crippen molar-refractivity contribution >= 4 is 43.5 Å². The molecule has 66 valence electrons. The SMILES string of the molecule is FC(F)c1ncc(Br)c(Cl)c1Br. The molecule has 1 aromatic rings. The molecule has 6 heteroatoms. The Labute approximate surface area is 89.4 Å². The van der Waals surface area contributed by atoms with E-state index < -0.39 is 6.43 Å². The highest BCUT2D eigenvalue weighted by Crippen LogP contribution is 2.35. The molecule has 0 atom stereocenters. The average molecular weight is 321 g/mol. The Morgan fingerprint density at radius 1 is 1.42 bits per heavy atom. The van der Waals surface area contributed by atoms with Crippen molar-refractivity contribution < 1.29 is 8.78 Å². The Morgan fingerprint density at radius 2 is 2.00 bits per heavy atom. The quantitative estimate of drug-likeness (QED) is 0.755. The summed E-state index contributed by atoms with van der Waals surface area (Å²) < 4.78 is 25.0. The zero-order valence-electron chi connectivity index (χ0n) is 5.49. The van der Waals surface area contributed by atoms with Crippen molar-refractivity contribution in [2.24, 2.45) is 0 Å². The van der Waals surface area contributed by atoms with Gasteiger partial charge in [-0.1, -0.05) is 11.6 Å². The molecule has 1 rings (SSSR count). The zero-order valence-corrected chi connectivity index (χ0v) is 9.42. The van der Waals surface area contributed by atoms with E-state index in [4.69, 9.17) is 11.6 Å². The number of hydrogen-bond acceptors (Lipinski definition) is 1. The zero-order chi connectivity index (χ0) is 9.30. The van der Waals surface area contributed by atoms with Gasteiger partial charge in [0.2, 0.25) is 0 Å². The van der Waals surface area contributed by atoms with Crippen LogP contribution in [0.5, 0.6) is 0 Å². The summed E-state index contributed by atoms with van der Waals surface area (Å²) in [5.41, 5.74) is -0.344. The van der Waals surface area contributed by atoms with E-state index in [1.54, 1.807) is 0 Å². The summed E-state index contributed by atoms with van der Waals surface area (Å²) in [6.07, 6.45) is -1.38. The van der Waals surface area contributed by atoms with Crippen LogP contribution in [0.1, 0.15) is 12.1 Å². The van der Waals surface area contributed by atoms with Crippen molar-refractivity contribution in [1.82, 2.24) is 4.98 Å². The highest BCUT2D eigenvalue weighted by molar-refractivity contribution is 9.11. The minimum absolute atomic E-state index is 0.133. The standard InChI is InChI=1S/C6H2Br2ClF2N/c7-2-1-12-5(6(10)11)3(8)4(2)9/h1,6H. The second-order valence-corrected chi connectivity index (χ2v) is 3.95. The van der Waals surface area contributed by atoms with Crippen molar-refractivity contribution in [3.05, 3.63) is 25.9 Å². The van der Waals surface area contributed by atoms with Gasteiger partial charge < -0.3 is 0 Å². The second-order valence-electron chi connectivity index (χ2n) is 1.92. The first-order valence-corrected chi connectivity index (χ1v) is 4.78. The molecule has 0 aromatic carbocycles. The van der Waals surface area contributed by atoms with Crippen molar-refractivity contribution in [2.75, 3.05) is 0 Å². The molecule has 0 N–H and O–H groups in total. The summed E-state index contributed by atoms with van der Waals surface area (Å²) in [6, 6.07) is 0. The predicted octanol–water partition coefficient (Wildman–Crippen LogP) is 4.20. The Kier molecular flexibility index (Phi) is 3.43. The van der Waals surface area contributed by atoms with E-state index in [0.29, 0.717) is 4.47 Å². The molecule has 0 bridgehead atoms. The third-order valence-electron chi connectivity index (χ3n) is 1.15. The summed E-state index contributed by atoms with van der Waals surface area (Å²) in [5.74, 6) is 0. The van der Waals surface area contributed by atoms with Crippen molar-refractivity contribution in [3.8, 4) is 0 Å². The molecular weight excluding hydrogens is 319 g/mol. The lowest BCUT2D eigenvalue weighted by molar-refractivity contribution is 0.145. The molecule has 12 heavy (non-hydrogen) atoms. The van der Waals surface area contributed by atoms with Gasteiger partial charge in [-0.15, -0.1) is 0 Å². The van der Waals surface area contributed by atoms with Crippen LogP contribution < -0.4 is 0 Å².